The van der Waals surface area contributed by atoms with Crippen LogP contribution in [0.3, 0.4) is 0 Å². The Morgan fingerprint density at radius 1 is 0.889 bits per heavy atom. The van der Waals surface area contributed by atoms with E-state index in [9.17, 15) is 9.59 Å². The van der Waals surface area contributed by atoms with E-state index in [0.717, 1.165) is 27.6 Å². The van der Waals surface area contributed by atoms with Crippen LogP contribution in [0.25, 0.3) is 0 Å². The number of nitrogens with zero attached hydrogens (tertiary/aromatic N) is 1. The molecule has 1 N–H and O–H groups in total. The Labute approximate surface area is 224 Å². The van der Waals surface area contributed by atoms with E-state index in [4.69, 9.17) is 0 Å². The van der Waals surface area contributed by atoms with Gasteiger partial charge in [0.15, 0.2) is 0 Å². The SMILES string of the molecule is CCCNC(=O)[C@H](Cc1ccccc1)N(Cc1cccc(Br)c1)C(=O)CCc1ccc(C(C)C)cc1. The first kappa shape index (κ1) is 27.7. The van der Waals surface area contributed by atoms with Crippen molar-refractivity contribution in [3.63, 3.8) is 0 Å². The molecule has 0 aromatic heterocycles. The zero-order valence-corrected chi connectivity index (χ0v) is 23.1. The van der Waals surface area contributed by atoms with Gasteiger partial charge in [0.05, 0.1) is 0 Å². The van der Waals surface area contributed by atoms with Crippen LogP contribution >= 0.6 is 15.9 Å². The highest BCUT2D eigenvalue weighted by Gasteiger charge is 2.30. The van der Waals surface area contributed by atoms with E-state index >= 15 is 0 Å². The molecule has 0 aliphatic heterocycles. The zero-order valence-electron chi connectivity index (χ0n) is 21.5. The third-order valence-electron chi connectivity index (χ3n) is 6.34. The highest BCUT2D eigenvalue weighted by Crippen LogP contribution is 2.20. The molecule has 0 aliphatic carbocycles. The summed E-state index contributed by atoms with van der Waals surface area (Å²) in [6.07, 6.45) is 2.30. The molecule has 0 unspecified atom stereocenters. The van der Waals surface area contributed by atoms with E-state index in [1.807, 2.05) is 61.5 Å². The van der Waals surface area contributed by atoms with Crippen LogP contribution in [0.5, 0.6) is 0 Å². The molecule has 190 valence electrons. The number of halogens is 1. The Morgan fingerprint density at radius 3 is 2.22 bits per heavy atom. The number of rotatable bonds is 12. The van der Waals surface area contributed by atoms with Gasteiger partial charge in [-0.1, -0.05) is 103 Å². The van der Waals surface area contributed by atoms with Gasteiger partial charge in [-0.15, -0.1) is 0 Å². The summed E-state index contributed by atoms with van der Waals surface area (Å²) in [5.74, 6) is 0.350. The van der Waals surface area contributed by atoms with Crippen molar-refractivity contribution in [3.8, 4) is 0 Å². The Balaban J connectivity index is 1.86. The Hall–Kier alpha value is -2.92. The minimum Gasteiger partial charge on any atom is -0.354 e. The molecular weight excluding hydrogens is 512 g/mol. The molecule has 0 heterocycles. The predicted molar refractivity (Wildman–Crippen MR) is 151 cm³/mol. The summed E-state index contributed by atoms with van der Waals surface area (Å²) in [5.41, 5.74) is 4.44. The number of carbonyl (C=O) groups excluding carboxylic acids is 2. The highest BCUT2D eigenvalue weighted by molar-refractivity contribution is 9.10. The summed E-state index contributed by atoms with van der Waals surface area (Å²) >= 11 is 3.54. The second kappa shape index (κ2) is 14.0. The van der Waals surface area contributed by atoms with Gasteiger partial charge in [0.1, 0.15) is 6.04 Å². The molecule has 0 fully saturated rings. The van der Waals surface area contributed by atoms with E-state index in [0.29, 0.717) is 38.3 Å². The smallest absolute Gasteiger partial charge is 0.243 e. The first-order valence-electron chi connectivity index (χ1n) is 12.8. The van der Waals surface area contributed by atoms with Gasteiger partial charge < -0.3 is 10.2 Å². The van der Waals surface area contributed by atoms with Gasteiger partial charge in [-0.25, -0.2) is 0 Å². The van der Waals surface area contributed by atoms with Crippen LogP contribution in [0.15, 0.2) is 83.3 Å². The second-order valence-corrected chi connectivity index (χ2v) is 10.5. The fourth-order valence-electron chi connectivity index (χ4n) is 4.22. The van der Waals surface area contributed by atoms with E-state index < -0.39 is 6.04 Å². The van der Waals surface area contributed by atoms with Gasteiger partial charge in [-0.05, 0) is 53.1 Å². The van der Waals surface area contributed by atoms with Gasteiger partial charge in [-0.2, -0.15) is 0 Å². The second-order valence-electron chi connectivity index (χ2n) is 9.54. The highest BCUT2D eigenvalue weighted by atomic mass is 79.9. The van der Waals surface area contributed by atoms with Crippen LogP contribution in [0.1, 0.15) is 61.8 Å². The van der Waals surface area contributed by atoms with Crippen molar-refractivity contribution in [2.45, 2.75) is 65.0 Å². The number of hydrogen-bond acceptors (Lipinski definition) is 2. The third-order valence-corrected chi connectivity index (χ3v) is 6.83. The standard InChI is InChI=1S/C31H37BrN2O2/c1-4-19-33-31(36)29(21-25-9-6-5-7-10-25)34(22-26-11-8-12-28(32)20-26)30(35)18-15-24-13-16-27(17-14-24)23(2)3/h5-14,16-17,20,23,29H,4,15,18-19,21-22H2,1-3H3,(H,33,36)/t29-/m0/s1. The van der Waals surface area contributed by atoms with Crippen molar-refractivity contribution in [2.75, 3.05) is 6.54 Å². The monoisotopic (exact) mass is 548 g/mol. The average Bonchev–Trinajstić information content (AvgIpc) is 2.88. The topological polar surface area (TPSA) is 49.4 Å². The van der Waals surface area contributed by atoms with Crippen molar-refractivity contribution in [1.82, 2.24) is 10.2 Å². The van der Waals surface area contributed by atoms with Crippen LogP contribution in [0.2, 0.25) is 0 Å². The van der Waals surface area contributed by atoms with Crippen molar-refractivity contribution in [2.24, 2.45) is 0 Å². The first-order chi connectivity index (χ1) is 17.4. The number of hydrogen-bond donors (Lipinski definition) is 1. The fourth-order valence-corrected chi connectivity index (χ4v) is 4.66. The van der Waals surface area contributed by atoms with Crippen LogP contribution < -0.4 is 5.32 Å². The molecule has 0 radical (unpaired) electrons. The van der Waals surface area contributed by atoms with Crippen molar-refractivity contribution in [3.05, 3.63) is 106 Å². The molecule has 36 heavy (non-hydrogen) atoms. The van der Waals surface area contributed by atoms with Crippen molar-refractivity contribution >= 4 is 27.7 Å². The zero-order chi connectivity index (χ0) is 25.9. The molecule has 3 rings (SSSR count). The summed E-state index contributed by atoms with van der Waals surface area (Å²) in [6, 6.07) is 25.8. The molecule has 5 heteroatoms. The lowest BCUT2D eigenvalue weighted by Crippen LogP contribution is -2.50. The fraction of sp³-hybridized carbons (Fsp3) is 0.355. The number of benzene rings is 3. The summed E-state index contributed by atoms with van der Waals surface area (Å²) in [4.78, 5) is 28.9. The first-order valence-corrected chi connectivity index (χ1v) is 13.6. The quantitative estimate of drug-likeness (QED) is 0.274. The average molecular weight is 550 g/mol. The van der Waals surface area contributed by atoms with Gasteiger partial charge >= 0.3 is 0 Å². The molecule has 3 aromatic rings. The summed E-state index contributed by atoms with van der Waals surface area (Å²) in [6.45, 7) is 7.35. The van der Waals surface area contributed by atoms with Gasteiger partial charge in [0.2, 0.25) is 11.8 Å². The Morgan fingerprint density at radius 2 is 1.58 bits per heavy atom. The minimum atomic E-state index is -0.589. The molecule has 0 saturated heterocycles. The molecular formula is C31H37BrN2O2. The largest absolute Gasteiger partial charge is 0.354 e. The molecule has 4 nitrogen and oxygen atoms in total. The van der Waals surface area contributed by atoms with E-state index in [1.54, 1.807) is 4.90 Å². The lowest BCUT2D eigenvalue weighted by molar-refractivity contribution is -0.141. The van der Waals surface area contributed by atoms with E-state index in [2.05, 4.69) is 59.4 Å². The Bertz CT molecular complexity index is 1110. The molecule has 0 bridgehead atoms. The van der Waals surface area contributed by atoms with Crippen molar-refractivity contribution < 1.29 is 9.59 Å². The summed E-state index contributed by atoms with van der Waals surface area (Å²) in [5, 5.41) is 3.03. The van der Waals surface area contributed by atoms with Crippen LogP contribution in [0.4, 0.5) is 0 Å². The van der Waals surface area contributed by atoms with Crippen LogP contribution in [-0.2, 0) is 29.0 Å². The molecule has 3 aromatic carbocycles. The van der Waals surface area contributed by atoms with Crippen molar-refractivity contribution in [1.29, 1.82) is 0 Å². The number of amides is 2. The van der Waals surface area contributed by atoms with Gasteiger partial charge in [-0.3, -0.25) is 9.59 Å². The summed E-state index contributed by atoms with van der Waals surface area (Å²) in [7, 11) is 0. The van der Waals surface area contributed by atoms with E-state index in [1.165, 1.54) is 5.56 Å². The lowest BCUT2D eigenvalue weighted by atomic mass is 9.99. The maximum atomic E-state index is 13.7. The maximum absolute atomic E-state index is 13.7. The van der Waals surface area contributed by atoms with Gasteiger partial charge in [0, 0.05) is 30.4 Å². The molecule has 1 atom stereocenters. The van der Waals surface area contributed by atoms with Crippen LogP contribution in [-0.4, -0.2) is 29.3 Å². The number of carbonyl (C=O) groups is 2. The normalized spacial score (nSPS) is 11.8. The lowest BCUT2D eigenvalue weighted by Gasteiger charge is -2.31. The van der Waals surface area contributed by atoms with E-state index in [-0.39, 0.29) is 11.8 Å². The molecule has 0 aliphatic rings. The maximum Gasteiger partial charge on any atom is 0.243 e. The minimum absolute atomic E-state index is 0.0181. The molecule has 2 amide bonds. The summed E-state index contributed by atoms with van der Waals surface area (Å²) < 4.78 is 0.952. The van der Waals surface area contributed by atoms with Gasteiger partial charge in [0.25, 0.3) is 0 Å². The van der Waals surface area contributed by atoms with Crippen LogP contribution in [0, 0.1) is 0 Å². The number of aryl methyl sites for hydroxylation is 1. The third kappa shape index (κ3) is 8.34. The predicted octanol–water partition coefficient (Wildman–Crippen LogP) is 6.67. The molecule has 0 spiro atoms. The Kier molecular flexibility index (Phi) is 10.7. The molecule has 0 saturated carbocycles. The number of nitrogens with one attached hydrogen (secondary N) is 1.